The summed E-state index contributed by atoms with van der Waals surface area (Å²) in [5.74, 6) is 0. The molecular formula is C11H21N3. The van der Waals surface area contributed by atoms with Crippen molar-refractivity contribution in [2.75, 3.05) is 6.54 Å². The predicted octanol–water partition coefficient (Wildman–Crippen LogP) is 2.06. The van der Waals surface area contributed by atoms with E-state index in [0.717, 1.165) is 12.2 Å². The number of aryl methyl sites for hydroxylation is 2. The molecule has 1 atom stereocenters. The number of hydrogen-bond donors (Lipinski definition) is 1. The average Bonchev–Trinajstić information content (AvgIpc) is 2.41. The molecule has 0 aliphatic rings. The van der Waals surface area contributed by atoms with Gasteiger partial charge < -0.3 is 5.32 Å². The van der Waals surface area contributed by atoms with Crippen LogP contribution < -0.4 is 5.32 Å². The zero-order chi connectivity index (χ0) is 10.7. The maximum Gasteiger partial charge on any atom is 0.0618 e. The van der Waals surface area contributed by atoms with Gasteiger partial charge in [0.2, 0.25) is 0 Å². The summed E-state index contributed by atoms with van der Waals surface area (Å²) in [5, 5.41) is 7.88. The number of nitrogens with one attached hydrogen (secondary N) is 1. The molecule has 1 heterocycles. The molecule has 1 aromatic heterocycles. The van der Waals surface area contributed by atoms with Crippen LogP contribution in [0.3, 0.4) is 0 Å². The van der Waals surface area contributed by atoms with Crippen molar-refractivity contribution in [2.45, 2.75) is 46.7 Å². The SMILES string of the molecule is Cc1cc(C)n(C(C)CNC(C)C)n1. The third kappa shape index (κ3) is 2.84. The molecule has 0 bridgehead atoms. The Kier molecular flexibility index (Phi) is 3.69. The van der Waals surface area contributed by atoms with Crippen LogP contribution in [0, 0.1) is 13.8 Å². The number of aromatic nitrogens is 2. The quantitative estimate of drug-likeness (QED) is 0.797. The highest BCUT2D eigenvalue weighted by atomic mass is 15.3. The number of nitrogens with zero attached hydrogens (tertiary/aromatic N) is 2. The standard InChI is InChI=1S/C11H21N3/c1-8(2)12-7-11(5)14-10(4)6-9(3)13-14/h6,8,11-12H,7H2,1-5H3. The lowest BCUT2D eigenvalue weighted by atomic mass is 10.3. The summed E-state index contributed by atoms with van der Waals surface area (Å²) >= 11 is 0. The van der Waals surface area contributed by atoms with E-state index < -0.39 is 0 Å². The van der Waals surface area contributed by atoms with Crippen molar-refractivity contribution in [1.82, 2.24) is 15.1 Å². The third-order valence-electron chi connectivity index (χ3n) is 2.28. The van der Waals surface area contributed by atoms with Crippen molar-refractivity contribution in [3.8, 4) is 0 Å². The van der Waals surface area contributed by atoms with Crippen molar-refractivity contribution in [3.63, 3.8) is 0 Å². The fourth-order valence-corrected chi connectivity index (χ4v) is 1.59. The van der Waals surface area contributed by atoms with Gasteiger partial charge in [0, 0.05) is 18.3 Å². The summed E-state index contributed by atoms with van der Waals surface area (Å²) in [7, 11) is 0. The van der Waals surface area contributed by atoms with Gasteiger partial charge >= 0.3 is 0 Å². The first kappa shape index (κ1) is 11.2. The highest BCUT2D eigenvalue weighted by Crippen LogP contribution is 2.09. The van der Waals surface area contributed by atoms with Crippen LogP contribution in [0.1, 0.15) is 38.2 Å². The predicted molar refractivity (Wildman–Crippen MR) is 59.6 cm³/mol. The molecule has 0 spiro atoms. The van der Waals surface area contributed by atoms with Gasteiger partial charge in [-0.3, -0.25) is 4.68 Å². The normalized spacial score (nSPS) is 13.6. The first-order valence-electron chi connectivity index (χ1n) is 5.27. The Morgan fingerprint density at radius 1 is 1.36 bits per heavy atom. The molecule has 1 aromatic rings. The largest absolute Gasteiger partial charge is 0.312 e. The Labute approximate surface area is 86.5 Å². The molecule has 3 nitrogen and oxygen atoms in total. The van der Waals surface area contributed by atoms with Crippen LogP contribution in [0.4, 0.5) is 0 Å². The van der Waals surface area contributed by atoms with E-state index in [1.807, 2.05) is 6.92 Å². The van der Waals surface area contributed by atoms with Crippen LogP contribution in [0.15, 0.2) is 6.07 Å². The smallest absolute Gasteiger partial charge is 0.0618 e. The van der Waals surface area contributed by atoms with Gasteiger partial charge in [-0.05, 0) is 26.8 Å². The summed E-state index contributed by atoms with van der Waals surface area (Å²) < 4.78 is 2.09. The second-order valence-electron chi connectivity index (χ2n) is 4.28. The van der Waals surface area contributed by atoms with Crippen LogP contribution in [0.25, 0.3) is 0 Å². The molecule has 0 fully saturated rings. The van der Waals surface area contributed by atoms with Gasteiger partial charge in [-0.15, -0.1) is 0 Å². The van der Waals surface area contributed by atoms with Gasteiger partial charge in [-0.25, -0.2) is 0 Å². The zero-order valence-electron chi connectivity index (χ0n) is 9.83. The van der Waals surface area contributed by atoms with E-state index in [-0.39, 0.29) is 0 Å². The highest BCUT2D eigenvalue weighted by molar-refractivity contribution is 5.07. The van der Waals surface area contributed by atoms with E-state index in [1.54, 1.807) is 0 Å². The summed E-state index contributed by atoms with van der Waals surface area (Å²) in [6, 6.07) is 3.08. The molecule has 14 heavy (non-hydrogen) atoms. The molecule has 1 rings (SSSR count). The van der Waals surface area contributed by atoms with Crippen molar-refractivity contribution < 1.29 is 0 Å². The maximum atomic E-state index is 4.46. The van der Waals surface area contributed by atoms with Crippen LogP contribution >= 0.6 is 0 Å². The number of hydrogen-bond acceptors (Lipinski definition) is 2. The molecule has 80 valence electrons. The second kappa shape index (κ2) is 4.60. The van der Waals surface area contributed by atoms with Crippen molar-refractivity contribution >= 4 is 0 Å². The van der Waals surface area contributed by atoms with Gasteiger partial charge in [0.25, 0.3) is 0 Å². The highest BCUT2D eigenvalue weighted by Gasteiger charge is 2.08. The molecule has 0 aliphatic heterocycles. The van der Waals surface area contributed by atoms with Crippen LogP contribution in [0.2, 0.25) is 0 Å². The van der Waals surface area contributed by atoms with Crippen LogP contribution in [-0.2, 0) is 0 Å². The topological polar surface area (TPSA) is 29.9 Å². The first-order valence-corrected chi connectivity index (χ1v) is 5.27. The summed E-state index contributed by atoms with van der Waals surface area (Å²) in [6.07, 6.45) is 0. The van der Waals surface area contributed by atoms with E-state index in [0.29, 0.717) is 12.1 Å². The van der Waals surface area contributed by atoms with E-state index >= 15 is 0 Å². The summed E-state index contributed by atoms with van der Waals surface area (Å²) in [6.45, 7) is 11.6. The fraction of sp³-hybridized carbons (Fsp3) is 0.727. The molecule has 1 N–H and O–H groups in total. The minimum atomic E-state index is 0.422. The average molecular weight is 195 g/mol. The van der Waals surface area contributed by atoms with E-state index in [9.17, 15) is 0 Å². The Morgan fingerprint density at radius 2 is 2.00 bits per heavy atom. The van der Waals surface area contributed by atoms with Crippen LogP contribution in [0.5, 0.6) is 0 Å². The van der Waals surface area contributed by atoms with E-state index in [2.05, 4.69) is 48.9 Å². The van der Waals surface area contributed by atoms with Crippen molar-refractivity contribution in [2.24, 2.45) is 0 Å². The zero-order valence-corrected chi connectivity index (χ0v) is 9.83. The van der Waals surface area contributed by atoms with Crippen molar-refractivity contribution in [3.05, 3.63) is 17.5 Å². The number of rotatable bonds is 4. The lowest BCUT2D eigenvalue weighted by Crippen LogP contribution is -2.30. The molecule has 0 saturated heterocycles. The minimum Gasteiger partial charge on any atom is -0.312 e. The van der Waals surface area contributed by atoms with Gasteiger partial charge in [0.15, 0.2) is 0 Å². The molecule has 0 saturated carbocycles. The molecule has 0 radical (unpaired) electrons. The third-order valence-corrected chi connectivity index (χ3v) is 2.28. The van der Waals surface area contributed by atoms with Gasteiger partial charge in [0.1, 0.15) is 0 Å². The van der Waals surface area contributed by atoms with Crippen LogP contribution in [-0.4, -0.2) is 22.4 Å². The Morgan fingerprint density at radius 3 is 2.43 bits per heavy atom. The molecular weight excluding hydrogens is 174 g/mol. The Balaban J connectivity index is 2.60. The molecule has 1 unspecified atom stereocenters. The molecule has 3 heteroatoms. The van der Waals surface area contributed by atoms with Crippen molar-refractivity contribution in [1.29, 1.82) is 0 Å². The second-order valence-corrected chi connectivity index (χ2v) is 4.28. The lowest BCUT2D eigenvalue weighted by molar-refractivity contribution is 0.425. The maximum absolute atomic E-state index is 4.46. The Hall–Kier alpha value is -0.830. The summed E-state index contributed by atoms with van der Waals surface area (Å²) in [5.41, 5.74) is 2.33. The molecule has 0 aromatic carbocycles. The van der Waals surface area contributed by atoms with E-state index in [1.165, 1.54) is 5.69 Å². The summed E-state index contributed by atoms with van der Waals surface area (Å²) in [4.78, 5) is 0. The van der Waals surface area contributed by atoms with E-state index in [4.69, 9.17) is 0 Å². The lowest BCUT2D eigenvalue weighted by Gasteiger charge is -2.16. The van der Waals surface area contributed by atoms with Gasteiger partial charge in [-0.1, -0.05) is 13.8 Å². The molecule has 0 amide bonds. The monoisotopic (exact) mass is 195 g/mol. The van der Waals surface area contributed by atoms with Gasteiger partial charge in [-0.2, -0.15) is 5.10 Å². The first-order chi connectivity index (χ1) is 6.50. The Bertz CT molecular complexity index is 289. The fourth-order valence-electron chi connectivity index (χ4n) is 1.59. The van der Waals surface area contributed by atoms with Gasteiger partial charge in [0.05, 0.1) is 11.7 Å². The molecule has 0 aliphatic carbocycles. The minimum absolute atomic E-state index is 0.422.